The Balaban J connectivity index is 1.87. The van der Waals surface area contributed by atoms with Gasteiger partial charge >= 0.3 is 12.1 Å². The summed E-state index contributed by atoms with van der Waals surface area (Å²) in [7, 11) is 1.39. The SMILES string of the molecule is C=Cc1ccsc1C(Cc1ccsc1C)OC(=O)NCCCCCC(=O)OC. The summed E-state index contributed by atoms with van der Waals surface area (Å²) in [5.41, 5.74) is 2.19. The number of unbranched alkanes of at least 4 members (excludes halogenated alkanes) is 2. The van der Waals surface area contributed by atoms with Crippen molar-refractivity contribution in [2.75, 3.05) is 13.7 Å². The van der Waals surface area contributed by atoms with Crippen molar-refractivity contribution in [3.63, 3.8) is 0 Å². The number of thiophene rings is 2. The summed E-state index contributed by atoms with van der Waals surface area (Å²) in [5, 5.41) is 6.86. The van der Waals surface area contributed by atoms with Gasteiger partial charge in [-0.15, -0.1) is 22.7 Å². The minimum atomic E-state index is -0.422. The van der Waals surface area contributed by atoms with E-state index in [4.69, 9.17) is 4.74 Å². The number of carbonyl (C=O) groups excluding carboxylic acids is 2. The Kier molecular flexibility index (Phi) is 9.23. The molecule has 0 aromatic carbocycles. The van der Waals surface area contributed by atoms with Crippen LogP contribution >= 0.6 is 22.7 Å². The first kappa shape index (κ1) is 22.2. The summed E-state index contributed by atoms with van der Waals surface area (Å²) in [4.78, 5) is 25.6. The van der Waals surface area contributed by atoms with Crippen LogP contribution in [0.15, 0.2) is 29.5 Å². The number of hydrogen-bond acceptors (Lipinski definition) is 6. The summed E-state index contributed by atoms with van der Waals surface area (Å²) in [6.45, 7) is 6.45. The normalized spacial score (nSPS) is 11.6. The number of carbonyl (C=O) groups is 2. The van der Waals surface area contributed by atoms with Crippen LogP contribution in [0.3, 0.4) is 0 Å². The van der Waals surface area contributed by atoms with E-state index < -0.39 is 6.09 Å². The van der Waals surface area contributed by atoms with Crippen LogP contribution in [0, 0.1) is 6.92 Å². The molecule has 0 radical (unpaired) electrons. The molecule has 2 aromatic heterocycles. The van der Waals surface area contributed by atoms with Gasteiger partial charge in [-0.25, -0.2) is 4.79 Å². The maximum Gasteiger partial charge on any atom is 0.407 e. The number of alkyl carbamates (subject to hydrolysis) is 1. The lowest BCUT2D eigenvalue weighted by molar-refractivity contribution is -0.140. The number of nitrogens with one attached hydrogen (secondary N) is 1. The highest BCUT2D eigenvalue weighted by Gasteiger charge is 2.22. The molecule has 0 saturated heterocycles. The van der Waals surface area contributed by atoms with Crippen molar-refractivity contribution in [3.8, 4) is 0 Å². The fourth-order valence-corrected chi connectivity index (χ4v) is 4.48. The molecular weight excluding hydrogens is 394 g/mol. The van der Waals surface area contributed by atoms with E-state index in [-0.39, 0.29) is 12.1 Å². The van der Waals surface area contributed by atoms with Crippen LogP contribution < -0.4 is 5.32 Å². The van der Waals surface area contributed by atoms with Crippen molar-refractivity contribution < 1.29 is 19.1 Å². The molecule has 0 aliphatic heterocycles. The molecule has 0 aliphatic carbocycles. The second kappa shape index (κ2) is 11.7. The standard InChI is InChI=1S/C21H27NO4S2/c1-4-16-9-13-28-20(16)18(14-17-10-12-27-15(17)2)26-21(24)22-11-7-5-6-8-19(23)25-3/h4,9-10,12-13,18H,1,5-8,11,14H2,2-3H3,(H,22,24). The first-order valence-corrected chi connectivity index (χ1v) is 11.0. The molecule has 2 heterocycles. The van der Waals surface area contributed by atoms with Gasteiger partial charge in [0, 0.05) is 24.3 Å². The number of rotatable bonds is 11. The molecule has 2 aromatic rings. The highest BCUT2D eigenvalue weighted by atomic mass is 32.1. The lowest BCUT2D eigenvalue weighted by Crippen LogP contribution is -2.27. The maximum atomic E-state index is 12.3. The number of hydrogen-bond donors (Lipinski definition) is 1. The van der Waals surface area contributed by atoms with E-state index >= 15 is 0 Å². The third kappa shape index (κ3) is 6.80. The van der Waals surface area contributed by atoms with Gasteiger partial charge in [0.15, 0.2) is 0 Å². The van der Waals surface area contributed by atoms with Crippen molar-refractivity contribution in [1.29, 1.82) is 0 Å². The molecule has 1 unspecified atom stereocenters. The minimum absolute atomic E-state index is 0.201. The second-order valence-electron chi connectivity index (χ2n) is 6.36. The Morgan fingerprint density at radius 1 is 1.21 bits per heavy atom. The summed E-state index contributed by atoms with van der Waals surface area (Å²) >= 11 is 3.27. The first-order chi connectivity index (χ1) is 13.5. The topological polar surface area (TPSA) is 64.6 Å². The molecule has 0 aliphatic rings. The van der Waals surface area contributed by atoms with Crippen LogP contribution in [-0.4, -0.2) is 25.7 Å². The highest BCUT2D eigenvalue weighted by molar-refractivity contribution is 7.10. The zero-order valence-electron chi connectivity index (χ0n) is 16.4. The van der Waals surface area contributed by atoms with Crippen LogP contribution in [-0.2, 0) is 20.7 Å². The third-order valence-electron chi connectivity index (χ3n) is 4.42. The van der Waals surface area contributed by atoms with Crippen molar-refractivity contribution in [3.05, 3.63) is 50.4 Å². The lowest BCUT2D eigenvalue weighted by Gasteiger charge is -2.18. The smallest absolute Gasteiger partial charge is 0.407 e. The Hall–Kier alpha value is -2.12. The van der Waals surface area contributed by atoms with Crippen molar-refractivity contribution in [2.24, 2.45) is 0 Å². The van der Waals surface area contributed by atoms with Crippen molar-refractivity contribution >= 4 is 40.8 Å². The predicted molar refractivity (Wildman–Crippen MR) is 115 cm³/mol. The summed E-state index contributed by atoms with van der Waals surface area (Å²) in [6.07, 6.45) is 4.46. The minimum Gasteiger partial charge on any atom is -0.469 e. The average Bonchev–Trinajstić information content (AvgIpc) is 3.32. The van der Waals surface area contributed by atoms with Gasteiger partial charge in [-0.3, -0.25) is 4.79 Å². The Morgan fingerprint density at radius 2 is 2.00 bits per heavy atom. The number of esters is 1. The highest BCUT2D eigenvalue weighted by Crippen LogP contribution is 2.32. The largest absolute Gasteiger partial charge is 0.469 e. The Morgan fingerprint density at radius 3 is 2.68 bits per heavy atom. The molecule has 0 fully saturated rings. The van der Waals surface area contributed by atoms with E-state index in [2.05, 4.69) is 35.0 Å². The molecule has 7 heteroatoms. The van der Waals surface area contributed by atoms with Crippen LogP contribution in [0.2, 0.25) is 0 Å². The maximum absolute atomic E-state index is 12.3. The van der Waals surface area contributed by atoms with Gasteiger partial charge in [0.25, 0.3) is 0 Å². The zero-order valence-corrected chi connectivity index (χ0v) is 18.0. The molecule has 1 atom stereocenters. The van der Waals surface area contributed by atoms with Crippen LogP contribution in [0.1, 0.15) is 52.7 Å². The van der Waals surface area contributed by atoms with Gasteiger partial charge in [-0.1, -0.05) is 19.1 Å². The zero-order chi connectivity index (χ0) is 20.4. The molecule has 5 nitrogen and oxygen atoms in total. The van der Waals surface area contributed by atoms with E-state index in [1.54, 1.807) is 28.7 Å². The number of aryl methyl sites for hydroxylation is 1. The van der Waals surface area contributed by atoms with Gasteiger partial charge in [-0.05, 0) is 53.8 Å². The van der Waals surface area contributed by atoms with E-state index in [0.717, 1.165) is 29.7 Å². The van der Waals surface area contributed by atoms with Gasteiger partial charge < -0.3 is 14.8 Å². The van der Waals surface area contributed by atoms with E-state index in [9.17, 15) is 9.59 Å². The molecule has 0 bridgehead atoms. The molecular formula is C21H27NO4S2. The van der Waals surface area contributed by atoms with Gasteiger partial charge in [-0.2, -0.15) is 0 Å². The summed E-state index contributed by atoms with van der Waals surface area (Å²) in [5.74, 6) is -0.201. The van der Waals surface area contributed by atoms with Gasteiger partial charge in [0.1, 0.15) is 6.10 Å². The van der Waals surface area contributed by atoms with Crippen LogP contribution in [0.25, 0.3) is 6.08 Å². The van der Waals surface area contributed by atoms with Crippen LogP contribution in [0.4, 0.5) is 4.79 Å². The summed E-state index contributed by atoms with van der Waals surface area (Å²) < 4.78 is 10.4. The second-order valence-corrected chi connectivity index (χ2v) is 8.43. The van der Waals surface area contributed by atoms with Crippen molar-refractivity contribution in [1.82, 2.24) is 5.32 Å². The molecule has 0 spiro atoms. The van der Waals surface area contributed by atoms with Gasteiger partial charge in [0.05, 0.1) is 12.0 Å². The molecule has 0 saturated carbocycles. The summed E-state index contributed by atoms with van der Waals surface area (Å²) in [6, 6.07) is 4.07. The third-order valence-corrected chi connectivity index (χ3v) is 6.33. The average molecular weight is 422 g/mol. The van der Waals surface area contributed by atoms with Crippen LogP contribution in [0.5, 0.6) is 0 Å². The van der Waals surface area contributed by atoms with E-state index in [1.807, 2.05) is 11.4 Å². The Bertz CT molecular complexity index is 781. The number of methoxy groups -OCH3 is 1. The monoisotopic (exact) mass is 421 g/mol. The fourth-order valence-electron chi connectivity index (χ4n) is 2.81. The molecule has 1 N–H and O–H groups in total. The predicted octanol–water partition coefficient (Wildman–Crippen LogP) is 5.50. The molecule has 1 amide bonds. The van der Waals surface area contributed by atoms with E-state index in [1.165, 1.54) is 17.6 Å². The number of amides is 1. The quantitative estimate of drug-likeness (QED) is 0.384. The van der Waals surface area contributed by atoms with Gasteiger partial charge in [0.2, 0.25) is 0 Å². The number of ether oxygens (including phenoxy) is 2. The van der Waals surface area contributed by atoms with Crippen molar-refractivity contribution in [2.45, 2.75) is 45.1 Å². The molecule has 152 valence electrons. The fraction of sp³-hybridized carbons (Fsp3) is 0.429. The first-order valence-electron chi connectivity index (χ1n) is 9.29. The molecule has 2 rings (SSSR count). The van der Waals surface area contributed by atoms with E-state index in [0.29, 0.717) is 19.4 Å². The Labute approximate surface area is 174 Å². The lowest BCUT2D eigenvalue weighted by atomic mass is 10.1. The molecule has 28 heavy (non-hydrogen) atoms.